The van der Waals surface area contributed by atoms with Gasteiger partial charge in [0, 0.05) is 0 Å². The third-order valence-electron chi connectivity index (χ3n) is 3.02. The van der Waals surface area contributed by atoms with Crippen LogP contribution < -0.4 is 0 Å². The van der Waals surface area contributed by atoms with Gasteiger partial charge in [-0.3, -0.25) is 6.08 Å². The molecule has 0 bridgehead atoms. The molecule has 4 heteroatoms. The van der Waals surface area contributed by atoms with Crippen molar-refractivity contribution in [2.24, 2.45) is 5.92 Å². The Morgan fingerprint density at radius 2 is 1.78 bits per heavy atom. The molecule has 0 fully saturated rings. The molecule has 0 amide bonds. The van der Waals surface area contributed by atoms with Gasteiger partial charge < -0.3 is 14.9 Å². The van der Waals surface area contributed by atoms with E-state index < -0.39 is 0 Å². The average molecular weight is 447 g/mol. The first-order valence-corrected chi connectivity index (χ1v) is 12.5. The fraction of sp³-hybridized carbons (Fsp3) is 0.263. The molecule has 0 aromatic rings. The van der Waals surface area contributed by atoms with Gasteiger partial charge in [-0.1, -0.05) is 25.8 Å². The number of halogens is 2. The fourth-order valence-electron chi connectivity index (χ4n) is 2.09. The van der Waals surface area contributed by atoms with Crippen molar-refractivity contribution in [2.45, 2.75) is 26.7 Å². The van der Waals surface area contributed by atoms with Crippen molar-refractivity contribution >= 4 is 31.7 Å². The second-order valence-corrected chi connectivity index (χ2v) is 4.56. The quantitative estimate of drug-likeness (QED) is 0.349. The Bertz CT molecular complexity index is 476. The average Bonchev–Trinajstić information content (AvgIpc) is 3.07. The summed E-state index contributed by atoms with van der Waals surface area (Å²) >= 11 is 1.58. The van der Waals surface area contributed by atoms with E-state index in [-0.39, 0.29) is 39.7 Å². The first-order valence-electron chi connectivity index (χ1n) is 6.54. The van der Waals surface area contributed by atoms with Crippen LogP contribution in [0.5, 0.6) is 0 Å². The van der Waals surface area contributed by atoms with Gasteiger partial charge >= 0.3 is 30.2 Å². The SMILES string of the molecule is CC1=[C-]C2=CC=CCC(C)C2=C1.Cl.Cl.[C-]1=CC=CC1.[CH3-].[CH3-].[SiH2]=[Zr]. The molecule has 130 valence electrons. The first kappa shape index (κ1) is 30.9. The summed E-state index contributed by atoms with van der Waals surface area (Å²) in [5.74, 6) is 0.653. The van der Waals surface area contributed by atoms with Gasteiger partial charge in [-0.2, -0.15) is 23.3 Å². The normalized spacial score (nSPS) is 18.1. The zero-order chi connectivity index (χ0) is 14.1. The molecular formula is C19H28Cl2SiZr-4. The second-order valence-electron chi connectivity index (χ2n) is 4.56. The minimum atomic E-state index is 0. The molecule has 0 aliphatic heterocycles. The van der Waals surface area contributed by atoms with E-state index in [1.54, 1.807) is 23.3 Å². The van der Waals surface area contributed by atoms with Crippen molar-refractivity contribution in [1.82, 2.24) is 0 Å². The monoisotopic (exact) mass is 444 g/mol. The molecule has 0 nitrogen and oxygen atoms in total. The van der Waals surface area contributed by atoms with Gasteiger partial charge in [-0.25, -0.2) is 12.2 Å². The maximum atomic E-state index is 3.36. The predicted octanol–water partition coefficient (Wildman–Crippen LogP) is 5.33. The van der Waals surface area contributed by atoms with E-state index in [2.05, 4.69) is 56.4 Å². The van der Waals surface area contributed by atoms with E-state index in [4.69, 9.17) is 0 Å². The van der Waals surface area contributed by atoms with Crippen molar-refractivity contribution in [2.75, 3.05) is 0 Å². The Morgan fingerprint density at radius 3 is 2.26 bits per heavy atom. The predicted molar refractivity (Wildman–Crippen MR) is 109 cm³/mol. The topological polar surface area (TPSA) is 0 Å². The fourth-order valence-corrected chi connectivity index (χ4v) is 2.09. The molecule has 0 saturated carbocycles. The summed E-state index contributed by atoms with van der Waals surface area (Å²) in [5.41, 5.74) is 4.00. The maximum absolute atomic E-state index is 3.36. The van der Waals surface area contributed by atoms with Crippen LogP contribution in [-0.4, -0.2) is 6.88 Å². The van der Waals surface area contributed by atoms with Crippen LogP contribution in [0.3, 0.4) is 0 Å². The molecule has 0 saturated heterocycles. The summed E-state index contributed by atoms with van der Waals surface area (Å²) in [5, 5.41) is 0. The molecule has 3 rings (SSSR count). The van der Waals surface area contributed by atoms with Crippen LogP contribution in [0.25, 0.3) is 0 Å². The third-order valence-corrected chi connectivity index (χ3v) is 3.02. The van der Waals surface area contributed by atoms with E-state index in [1.807, 2.05) is 19.0 Å². The van der Waals surface area contributed by atoms with Crippen molar-refractivity contribution in [3.63, 3.8) is 0 Å². The van der Waals surface area contributed by atoms with E-state index in [0.29, 0.717) is 5.92 Å². The van der Waals surface area contributed by atoms with Crippen LogP contribution in [0.2, 0.25) is 0 Å². The van der Waals surface area contributed by atoms with Gasteiger partial charge in [-0.05, 0) is 6.42 Å². The second kappa shape index (κ2) is 18.5. The zero-order valence-corrected chi connectivity index (χ0v) is 20.1. The summed E-state index contributed by atoms with van der Waals surface area (Å²) in [6.45, 7) is 6.33. The van der Waals surface area contributed by atoms with E-state index in [1.165, 1.54) is 16.7 Å². The molecule has 0 spiro atoms. The van der Waals surface area contributed by atoms with Gasteiger partial charge in [-0.15, -0.1) is 55.0 Å². The molecule has 23 heavy (non-hydrogen) atoms. The summed E-state index contributed by atoms with van der Waals surface area (Å²) < 4.78 is 0. The van der Waals surface area contributed by atoms with Crippen molar-refractivity contribution in [3.8, 4) is 0 Å². The number of hydrogen-bond donors (Lipinski definition) is 0. The Morgan fingerprint density at radius 1 is 1.13 bits per heavy atom. The molecule has 0 heterocycles. The van der Waals surface area contributed by atoms with E-state index in [9.17, 15) is 0 Å². The molecular weight excluding hydrogens is 418 g/mol. The van der Waals surface area contributed by atoms with Gasteiger partial charge in [0.1, 0.15) is 0 Å². The summed E-state index contributed by atoms with van der Waals surface area (Å²) in [7, 11) is 0. The van der Waals surface area contributed by atoms with Crippen molar-refractivity contribution in [3.05, 3.63) is 86.3 Å². The Hall–Kier alpha value is 0.120. The van der Waals surface area contributed by atoms with Crippen LogP contribution in [0.1, 0.15) is 26.7 Å². The Kier molecular flexibility index (Phi) is 24.8. The van der Waals surface area contributed by atoms with Gasteiger partial charge in [0.05, 0.1) is 0 Å². The molecule has 0 aromatic heterocycles. The van der Waals surface area contributed by atoms with Crippen LogP contribution in [0.15, 0.2) is 59.3 Å². The third kappa shape index (κ3) is 11.3. The molecule has 0 radical (unpaired) electrons. The van der Waals surface area contributed by atoms with E-state index in [0.717, 1.165) is 12.8 Å². The molecule has 0 aromatic carbocycles. The van der Waals surface area contributed by atoms with Crippen molar-refractivity contribution in [1.29, 1.82) is 0 Å². The molecule has 0 N–H and O–H groups in total. The molecule has 3 aliphatic carbocycles. The van der Waals surface area contributed by atoms with Gasteiger partial charge in [0.15, 0.2) is 0 Å². The summed E-state index contributed by atoms with van der Waals surface area (Å²) in [4.78, 5) is 0. The van der Waals surface area contributed by atoms with Gasteiger partial charge in [0.25, 0.3) is 0 Å². The number of fused-ring (bicyclic) bond motifs is 1. The van der Waals surface area contributed by atoms with E-state index >= 15 is 0 Å². The standard InChI is InChI=1S/C12H13.C5H5.2CH3.2ClH.H2Si.Zr/c1-9-7-11-6-4-3-5-10(2)12(11)8-9;1-2-4-5-3-1;;;;;;/h3-4,6,8,10H,5H2,1-2H3;1-3H,4H2;2*1H3;2*1H;1H2;/q4*-1;;;;. The molecule has 1 atom stereocenters. The summed E-state index contributed by atoms with van der Waals surface area (Å²) in [6.07, 6.45) is 23.3. The van der Waals surface area contributed by atoms with Crippen LogP contribution in [0, 0.1) is 32.9 Å². The molecule has 1 unspecified atom stereocenters. The van der Waals surface area contributed by atoms with Crippen molar-refractivity contribution < 1.29 is 23.3 Å². The molecule has 3 aliphatic rings. The Labute approximate surface area is 173 Å². The van der Waals surface area contributed by atoms with Crippen LogP contribution >= 0.6 is 24.8 Å². The first-order chi connectivity index (χ1) is 9.27. The number of hydrogen-bond acceptors (Lipinski definition) is 0. The summed E-state index contributed by atoms with van der Waals surface area (Å²) in [6, 6.07) is 0. The Balaban J connectivity index is -0.000000143. The van der Waals surface area contributed by atoms with Crippen LogP contribution in [0.4, 0.5) is 0 Å². The van der Waals surface area contributed by atoms with Gasteiger partial charge in [0.2, 0.25) is 0 Å². The zero-order valence-electron chi connectivity index (χ0n) is 14.6. The van der Waals surface area contributed by atoms with Crippen LogP contribution in [-0.2, 0) is 23.3 Å². The number of rotatable bonds is 0. The minimum absolute atomic E-state index is 0. The number of allylic oxidation sites excluding steroid dienone is 12.